The number of rotatable bonds is 5. The molecule has 1 saturated heterocycles. The van der Waals surface area contributed by atoms with Crippen molar-refractivity contribution in [2.24, 2.45) is 0 Å². The van der Waals surface area contributed by atoms with E-state index < -0.39 is 5.41 Å². The summed E-state index contributed by atoms with van der Waals surface area (Å²) in [5, 5.41) is 8.04. The minimum Gasteiger partial charge on any atom is -0.353 e. The summed E-state index contributed by atoms with van der Waals surface area (Å²) >= 11 is 0. The van der Waals surface area contributed by atoms with Crippen LogP contribution in [0, 0.1) is 0 Å². The Morgan fingerprint density at radius 1 is 1.06 bits per heavy atom. The van der Waals surface area contributed by atoms with Crippen molar-refractivity contribution < 1.29 is 4.79 Å². The average Bonchev–Trinajstić information content (AvgIpc) is 3.37. The van der Waals surface area contributed by atoms with Crippen molar-refractivity contribution in [3.8, 4) is 11.3 Å². The molecule has 7 heteroatoms. The minimum absolute atomic E-state index is 0.204. The van der Waals surface area contributed by atoms with Gasteiger partial charge in [0.25, 0.3) is 0 Å². The van der Waals surface area contributed by atoms with Gasteiger partial charge in [0.15, 0.2) is 0 Å². The van der Waals surface area contributed by atoms with Crippen LogP contribution in [-0.2, 0) is 10.2 Å². The maximum Gasteiger partial charge on any atom is 0.230 e. The van der Waals surface area contributed by atoms with E-state index in [1.807, 2.05) is 30.5 Å². The third kappa shape index (κ3) is 4.55. The van der Waals surface area contributed by atoms with Crippen LogP contribution >= 0.6 is 0 Å². The van der Waals surface area contributed by atoms with E-state index in [1.165, 1.54) is 0 Å². The predicted molar refractivity (Wildman–Crippen MR) is 128 cm³/mol. The lowest BCUT2D eigenvalue weighted by Crippen LogP contribution is -2.53. The lowest BCUT2D eigenvalue weighted by Gasteiger charge is -2.41. The van der Waals surface area contributed by atoms with Gasteiger partial charge in [0.2, 0.25) is 5.91 Å². The number of hydrogen-bond acceptors (Lipinski definition) is 5. The molecule has 1 aliphatic heterocycles. The van der Waals surface area contributed by atoms with Crippen LogP contribution in [0.25, 0.3) is 11.3 Å². The molecule has 0 radical (unpaired) electrons. The van der Waals surface area contributed by atoms with Gasteiger partial charge in [-0.2, -0.15) is 5.10 Å². The lowest BCUT2D eigenvalue weighted by molar-refractivity contribution is -0.129. The van der Waals surface area contributed by atoms with Crippen LogP contribution in [0.5, 0.6) is 0 Å². The molecule has 1 aromatic carbocycles. The van der Waals surface area contributed by atoms with Gasteiger partial charge in [0, 0.05) is 24.0 Å². The first kappa shape index (κ1) is 21.8. The van der Waals surface area contributed by atoms with Crippen molar-refractivity contribution in [1.29, 1.82) is 0 Å². The highest BCUT2D eigenvalue weighted by Gasteiger charge is 2.43. The van der Waals surface area contributed by atoms with Crippen molar-refractivity contribution in [2.45, 2.75) is 56.0 Å². The van der Waals surface area contributed by atoms with Crippen LogP contribution in [-0.4, -0.2) is 56.7 Å². The number of hydrogen-bond donors (Lipinski definition) is 1. The van der Waals surface area contributed by atoms with Gasteiger partial charge >= 0.3 is 0 Å². The molecule has 2 aromatic heterocycles. The number of aromatic nitrogens is 4. The van der Waals surface area contributed by atoms with Gasteiger partial charge in [-0.3, -0.25) is 9.48 Å². The SMILES string of the molecule is CN1CCC(C(=O)NC2CCC(n3cc(-c4ccncn4)cn3)CC2)(c2ccccc2)CC1. The fraction of sp³-hybridized carbons (Fsp3) is 0.462. The minimum atomic E-state index is -0.418. The molecule has 1 amide bonds. The van der Waals surface area contributed by atoms with E-state index >= 15 is 0 Å². The second-order valence-corrected chi connectivity index (χ2v) is 9.53. The van der Waals surface area contributed by atoms with Crippen LogP contribution in [0.4, 0.5) is 0 Å². The van der Waals surface area contributed by atoms with Gasteiger partial charge < -0.3 is 10.2 Å². The van der Waals surface area contributed by atoms with Crippen LogP contribution in [0.1, 0.15) is 50.1 Å². The van der Waals surface area contributed by atoms with Gasteiger partial charge in [-0.05, 0) is 70.3 Å². The molecule has 0 atom stereocenters. The molecule has 7 nitrogen and oxygen atoms in total. The summed E-state index contributed by atoms with van der Waals surface area (Å²) in [7, 11) is 2.14. The zero-order valence-electron chi connectivity index (χ0n) is 19.2. The Kier molecular flexibility index (Phi) is 6.22. The second kappa shape index (κ2) is 9.43. The molecule has 2 fully saturated rings. The first-order chi connectivity index (χ1) is 16.1. The summed E-state index contributed by atoms with van der Waals surface area (Å²) in [6.45, 7) is 1.89. The van der Waals surface area contributed by atoms with Crippen LogP contribution in [0.3, 0.4) is 0 Å². The normalized spacial score (nSPS) is 23.2. The highest BCUT2D eigenvalue weighted by molar-refractivity contribution is 5.88. The number of carbonyl (C=O) groups excluding carboxylic acids is 1. The van der Waals surface area contributed by atoms with Crippen molar-refractivity contribution in [3.63, 3.8) is 0 Å². The van der Waals surface area contributed by atoms with Crippen molar-refractivity contribution in [3.05, 3.63) is 66.9 Å². The van der Waals surface area contributed by atoms with E-state index in [-0.39, 0.29) is 11.9 Å². The monoisotopic (exact) mass is 444 g/mol. The molecule has 5 rings (SSSR count). The molecule has 172 valence electrons. The number of likely N-dealkylation sites (tertiary alicyclic amines) is 1. The Morgan fingerprint density at radius 3 is 2.52 bits per heavy atom. The third-order valence-electron chi connectivity index (χ3n) is 7.49. The van der Waals surface area contributed by atoms with E-state index in [4.69, 9.17) is 0 Å². The zero-order valence-corrected chi connectivity index (χ0v) is 19.2. The summed E-state index contributed by atoms with van der Waals surface area (Å²) in [6, 6.07) is 12.9. The van der Waals surface area contributed by atoms with E-state index in [0.29, 0.717) is 6.04 Å². The van der Waals surface area contributed by atoms with Crippen molar-refractivity contribution in [1.82, 2.24) is 30.0 Å². The number of nitrogens with one attached hydrogen (secondary N) is 1. The van der Waals surface area contributed by atoms with E-state index in [9.17, 15) is 4.79 Å². The summed E-state index contributed by atoms with van der Waals surface area (Å²) in [5.41, 5.74) is 2.64. The van der Waals surface area contributed by atoms with Gasteiger partial charge in [-0.25, -0.2) is 9.97 Å². The van der Waals surface area contributed by atoms with E-state index in [0.717, 1.165) is 68.4 Å². The van der Waals surface area contributed by atoms with Crippen molar-refractivity contribution >= 4 is 5.91 Å². The summed E-state index contributed by atoms with van der Waals surface area (Å²) in [4.78, 5) is 24.3. The van der Waals surface area contributed by atoms with Gasteiger partial charge in [0.05, 0.1) is 23.3 Å². The summed E-state index contributed by atoms with van der Waals surface area (Å²) < 4.78 is 2.07. The number of carbonyl (C=O) groups is 1. The number of piperidine rings is 1. The molecule has 0 unspecified atom stereocenters. The second-order valence-electron chi connectivity index (χ2n) is 9.53. The highest BCUT2D eigenvalue weighted by atomic mass is 16.2. The Labute approximate surface area is 195 Å². The van der Waals surface area contributed by atoms with Gasteiger partial charge in [0.1, 0.15) is 6.33 Å². The third-order valence-corrected chi connectivity index (χ3v) is 7.49. The smallest absolute Gasteiger partial charge is 0.230 e. The lowest BCUT2D eigenvalue weighted by atomic mass is 9.71. The molecule has 3 heterocycles. The largest absolute Gasteiger partial charge is 0.353 e. The maximum atomic E-state index is 13.6. The standard InChI is InChI=1S/C26H32N6O/c1-31-15-12-26(13-16-31,21-5-3-2-4-6-21)25(33)30-22-7-9-23(10-8-22)32-18-20(17-29-32)24-11-14-27-19-28-24/h2-6,11,14,17-19,22-23H,7-10,12-13,15-16H2,1H3,(H,30,33). The molecule has 1 aliphatic carbocycles. The van der Waals surface area contributed by atoms with Crippen LogP contribution in [0.15, 0.2) is 61.3 Å². The Balaban J connectivity index is 1.22. The molecule has 0 spiro atoms. The van der Waals surface area contributed by atoms with Crippen molar-refractivity contribution in [2.75, 3.05) is 20.1 Å². The number of amides is 1. The molecule has 1 N–H and O–H groups in total. The summed E-state index contributed by atoms with van der Waals surface area (Å²) in [6.07, 6.45) is 13.0. The molecule has 1 saturated carbocycles. The Bertz CT molecular complexity index is 1050. The molecule has 33 heavy (non-hydrogen) atoms. The molecular formula is C26H32N6O. The Morgan fingerprint density at radius 2 is 1.82 bits per heavy atom. The Hall–Kier alpha value is -3.06. The van der Waals surface area contributed by atoms with Gasteiger partial charge in [-0.1, -0.05) is 30.3 Å². The van der Waals surface area contributed by atoms with E-state index in [2.05, 4.69) is 55.3 Å². The maximum absolute atomic E-state index is 13.6. The molecular weight excluding hydrogens is 412 g/mol. The summed E-state index contributed by atoms with van der Waals surface area (Å²) in [5.74, 6) is 0.204. The van der Waals surface area contributed by atoms with Gasteiger partial charge in [-0.15, -0.1) is 0 Å². The highest BCUT2D eigenvalue weighted by Crippen LogP contribution is 2.37. The first-order valence-electron chi connectivity index (χ1n) is 12.0. The quantitative estimate of drug-likeness (QED) is 0.651. The number of benzene rings is 1. The molecule has 2 aliphatic rings. The molecule has 3 aromatic rings. The average molecular weight is 445 g/mol. The topological polar surface area (TPSA) is 75.9 Å². The zero-order chi connectivity index (χ0) is 22.7. The number of nitrogens with zero attached hydrogens (tertiary/aromatic N) is 5. The van der Waals surface area contributed by atoms with Crippen LogP contribution in [0.2, 0.25) is 0 Å². The van der Waals surface area contributed by atoms with E-state index in [1.54, 1.807) is 12.5 Å². The predicted octanol–water partition coefficient (Wildman–Crippen LogP) is 3.60. The fourth-order valence-electron chi connectivity index (χ4n) is 5.34. The molecule has 0 bridgehead atoms. The van der Waals surface area contributed by atoms with Crippen LogP contribution < -0.4 is 5.32 Å². The fourth-order valence-corrected chi connectivity index (χ4v) is 5.34. The first-order valence-corrected chi connectivity index (χ1v) is 12.0.